The Balaban J connectivity index is 2.00. The monoisotopic (exact) mass is 271 g/mol. The predicted octanol–water partition coefficient (Wildman–Crippen LogP) is 3.47. The first-order valence-electron chi connectivity index (χ1n) is 7.54. The molecular formula is C18H25NO. The number of ketones is 1. The van der Waals surface area contributed by atoms with Gasteiger partial charge in [-0.05, 0) is 31.9 Å². The van der Waals surface area contributed by atoms with E-state index in [0.717, 1.165) is 6.42 Å². The van der Waals surface area contributed by atoms with E-state index in [1.54, 1.807) is 6.08 Å². The first kappa shape index (κ1) is 15.0. The number of rotatable bonds is 6. The summed E-state index contributed by atoms with van der Waals surface area (Å²) in [7, 11) is 0. The van der Waals surface area contributed by atoms with E-state index in [1.807, 2.05) is 13.8 Å². The van der Waals surface area contributed by atoms with Crippen LogP contribution < -0.4 is 0 Å². The highest BCUT2D eigenvalue weighted by molar-refractivity contribution is 5.91. The summed E-state index contributed by atoms with van der Waals surface area (Å²) < 4.78 is 0. The number of benzene rings is 1. The Morgan fingerprint density at radius 1 is 1.20 bits per heavy atom. The molecule has 0 bridgehead atoms. The fourth-order valence-corrected chi connectivity index (χ4v) is 2.74. The van der Waals surface area contributed by atoms with Crippen LogP contribution in [0.3, 0.4) is 0 Å². The molecule has 20 heavy (non-hydrogen) atoms. The van der Waals surface area contributed by atoms with Gasteiger partial charge in [0.2, 0.25) is 0 Å². The fourth-order valence-electron chi connectivity index (χ4n) is 2.74. The van der Waals surface area contributed by atoms with Gasteiger partial charge < -0.3 is 0 Å². The van der Waals surface area contributed by atoms with Gasteiger partial charge in [-0.1, -0.05) is 50.3 Å². The molecule has 1 heterocycles. The maximum Gasteiger partial charge on any atom is 0.157 e. The Morgan fingerprint density at radius 3 is 2.40 bits per heavy atom. The van der Waals surface area contributed by atoms with Crippen molar-refractivity contribution >= 4 is 5.78 Å². The second-order valence-corrected chi connectivity index (χ2v) is 6.20. The molecule has 0 aliphatic carbocycles. The minimum absolute atomic E-state index is 0.0880. The molecule has 0 spiro atoms. The minimum atomic E-state index is 0.0880. The molecule has 1 aliphatic rings. The van der Waals surface area contributed by atoms with Crippen molar-refractivity contribution < 1.29 is 4.79 Å². The number of carbonyl (C=O) groups excluding carboxylic acids is 1. The summed E-state index contributed by atoms with van der Waals surface area (Å²) in [4.78, 5) is 14.2. The second kappa shape index (κ2) is 6.36. The highest BCUT2D eigenvalue weighted by atomic mass is 16.1. The lowest BCUT2D eigenvalue weighted by Gasteiger charge is -2.07. The lowest BCUT2D eigenvalue weighted by molar-refractivity contribution is -0.117. The number of hydrogen-bond donors (Lipinski definition) is 0. The van der Waals surface area contributed by atoms with E-state index in [1.165, 1.54) is 5.56 Å². The quantitative estimate of drug-likeness (QED) is 0.583. The van der Waals surface area contributed by atoms with Crippen LogP contribution in [0.15, 0.2) is 42.5 Å². The molecule has 2 nitrogen and oxygen atoms in total. The minimum Gasteiger partial charge on any atom is -0.295 e. The van der Waals surface area contributed by atoms with E-state index >= 15 is 0 Å². The van der Waals surface area contributed by atoms with Gasteiger partial charge in [-0.3, -0.25) is 9.69 Å². The summed E-state index contributed by atoms with van der Waals surface area (Å²) in [5.41, 5.74) is 1.37. The van der Waals surface area contributed by atoms with Crippen molar-refractivity contribution in [2.24, 2.45) is 5.92 Å². The molecule has 2 heteroatoms. The van der Waals surface area contributed by atoms with Crippen molar-refractivity contribution in [2.75, 3.05) is 0 Å². The molecule has 1 fully saturated rings. The molecule has 1 aliphatic heterocycles. The lowest BCUT2D eigenvalue weighted by atomic mass is 10.1. The third-order valence-electron chi connectivity index (χ3n) is 3.94. The molecule has 0 radical (unpaired) electrons. The molecule has 1 aromatic rings. The van der Waals surface area contributed by atoms with Crippen molar-refractivity contribution in [3.05, 3.63) is 48.0 Å². The van der Waals surface area contributed by atoms with Crippen molar-refractivity contribution in [3.63, 3.8) is 0 Å². The topological polar surface area (TPSA) is 20.1 Å². The fraction of sp³-hybridized carbons (Fsp3) is 0.500. The number of hydrogen-bond acceptors (Lipinski definition) is 2. The van der Waals surface area contributed by atoms with E-state index in [0.29, 0.717) is 18.1 Å². The molecule has 0 aromatic heterocycles. The van der Waals surface area contributed by atoms with Crippen LogP contribution in [0.2, 0.25) is 0 Å². The molecule has 3 unspecified atom stereocenters. The summed E-state index contributed by atoms with van der Waals surface area (Å²) in [6.45, 7) is 8.33. The summed E-state index contributed by atoms with van der Waals surface area (Å²) in [5, 5.41) is 0. The molecule has 0 saturated carbocycles. The highest BCUT2D eigenvalue weighted by Gasteiger charge is 2.46. The molecule has 1 aromatic carbocycles. The first-order chi connectivity index (χ1) is 9.50. The second-order valence-electron chi connectivity index (χ2n) is 6.20. The summed E-state index contributed by atoms with van der Waals surface area (Å²) >= 11 is 0. The van der Waals surface area contributed by atoms with Crippen LogP contribution in [0.4, 0.5) is 0 Å². The van der Waals surface area contributed by atoms with Gasteiger partial charge in [0.05, 0.1) is 0 Å². The van der Waals surface area contributed by atoms with Gasteiger partial charge in [0.25, 0.3) is 0 Å². The van der Waals surface area contributed by atoms with Crippen LogP contribution in [0.1, 0.15) is 33.3 Å². The van der Waals surface area contributed by atoms with Crippen molar-refractivity contribution in [2.45, 2.75) is 52.2 Å². The maximum absolute atomic E-state index is 11.7. The van der Waals surface area contributed by atoms with Crippen LogP contribution in [0.5, 0.6) is 0 Å². The largest absolute Gasteiger partial charge is 0.295 e. The zero-order chi connectivity index (χ0) is 14.7. The Morgan fingerprint density at radius 2 is 1.85 bits per heavy atom. The Labute approximate surface area is 122 Å². The van der Waals surface area contributed by atoms with E-state index in [9.17, 15) is 4.79 Å². The number of allylic oxidation sites excluding steroid dienone is 1. The van der Waals surface area contributed by atoms with Gasteiger partial charge in [-0.25, -0.2) is 0 Å². The SMILES string of the molecule is CC(C)C(=O)/C=C/C1C(Cc2ccccc2)N1C(C)C. The van der Waals surface area contributed by atoms with Gasteiger partial charge in [-0.15, -0.1) is 0 Å². The van der Waals surface area contributed by atoms with Crippen LogP contribution >= 0.6 is 0 Å². The van der Waals surface area contributed by atoms with E-state index in [2.05, 4.69) is 55.2 Å². The number of nitrogens with zero attached hydrogens (tertiary/aromatic N) is 1. The highest BCUT2D eigenvalue weighted by Crippen LogP contribution is 2.34. The van der Waals surface area contributed by atoms with E-state index in [-0.39, 0.29) is 11.7 Å². The summed E-state index contributed by atoms with van der Waals surface area (Å²) in [5.74, 6) is 0.309. The van der Waals surface area contributed by atoms with Crippen molar-refractivity contribution in [1.29, 1.82) is 0 Å². The van der Waals surface area contributed by atoms with Crippen LogP contribution in [0, 0.1) is 5.92 Å². The zero-order valence-corrected chi connectivity index (χ0v) is 12.9. The summed E-state index contributed by atoms with van der Waals surface area (Å²) in [6, 6.07) is 12.1. The molecular weight excluding hydrogens is 246 g/mol. The van der Waals surface area contributed by atoms with Gasteiger partial charge >= 0.3 is 0 Å². The average Bonchev–Trinajstić information content (AvgIpc) is 3.10. The van der Waals surface area contributed by atoms with Gasteiger partial charge in [0, 0.05) is 24.0 Å². The number of carbonyl (C=O) groups is 1. The third-order valence-corrected chi connectivity index (χ3v) is 3.94. The third kappa shape index (κ3) is 3.57. The van der Waals surface area contributed by atoms with Gasteiger partial charge in [0.1, 0.15) is 0 Å². The van der Waals surface area contributed by atoms with E-state index < -0.39 is 0 Å². The predicted molar refractivity (Wildman–Crippen MR) is 83.7 cm³/mol. The maximum atomic E-state index is 11.7. The van der Waals surface area contributed by atoms with Crippen LogP contribution in [-0.2, 0) is 11.2 Å². The Kier molecular flexibility index (Phi) is 4.77. The smallest absolute Gasteiger partial charge is 0.157 e. The standard InChI is InChI=1S/C18H25NO/c1-13(2)18(20)11-10-16-17(19(16)14(3)4)12-15-8-6-5-7-9-15/h5-11,13-14,16-17H,12H2,1-4H3/b11-10+. The average molecular weight is 271 g/mol. The van der Waals surface area contributed by atoms with Gasteiger partial charge in [0.15, 0.2) is 5.78 Å². The molecule has 2 rings (SSSR count). The zero-order valence-electron chi connectivity index (χ0n) is 12.9. The van der Waals surface area contributed by atoms with Crippen molar-refractivity contribution in [1.82, 2.24) is 4.90 Å². The van der Waals surface area contributed by atoms with Crippen molar-refractivity contribution in [3.8, 4) is 0 Å². The molecule has 1 saturated heterocycles. The molecule has 3 atom stereocenters. The van der Waals surface area contributed by atoms with E-state index in [4.69, 9.17) is 0 Å². The first-order valence-corrected chi connectivity index (χ1v) is 7.54. The Bertz CT molecular complexity index is 475. The molecule has 0 N–H and O–H groups in total. The van der Waals surface area contributed by atoms with Crippen LogP contribution in [0.25, 0.3) is 0 Å². The van der Waals surface area contributed by atoms with Gasteiger partial charge in [-0.2, -0.15) is 0 Å². The van der Waals surface area contributed by atoms with Crippen LogP contribution in [-0.4, -0.2) is 28.8 Å². The summed E-state index contributed by atoms with van der Waals surface area (Å²) in [6.07, 6.45) is 4.93. The lowest BCUT2D eigenvalue weighted by Crippen LogP contribution is -2.14. The molecule has 0 amide bonds. The normalized spacial score (nSPS) is 25.6. The molecule has 108 valence electrons. The Hall–Kier alpha value is -1.41.